The van der Waals surface area contributed by atoms with Crippen molar-refractivity contribution in [2.45, 2.75) is 13.0 Å². The third-order valence-electron chi connectivity index (χ3n) is 3.86. The van der Waals surface area contributed by atoms with Crippen LogP contribution in [-0.4, -0.2) is 53.6 Å². The van der Waals surface area contributed by atoms with E-state index in [0.29, 0.717) is 44.3 Å². The molecule has 8 heteroatoms. The van der Waals surface area contributed by atoms with E-state index in [9.17, 15) is 9.59 Å². The number of aromatic nitrogens is 2. The number of nitrogens with zero attached hydrogens (tertiary/aromatic N) is 3. The molecule has 8 nitrogen and oxygen atoms in total. The van der Waals surface area contributed by atoms with Crippen LogP contribution in [0.2, 0.25) is 0 Å². The van der Waals surface area contributed by atoms with Crippen LogP contribution in [0.1, 0.15) is 13.0 Å². The highest BCUT2D eigenvalue weighted by Crippen LogP contribution is 2.16. The summed E-state index contributed by atoms with van der Waals surface area (Å²) < 4.78 is 11.9. The van der Waals surface area contributed by atoms with Crippen molar-refractivity contribution in [3.8, 4) is 11.5 Å². The second-order valence-corrected chi connectivity index (χ2v) is 5.61. The standard InChI is InChI=1S/C16H20N4O4/c1-12(11-17-16(22)19-6-9-23-10-7-19)20-15(21)5-4-13(18-20)14-3-2-8-24-14/h2-5,8,12H,6-7,9-11H2,1H3,(H,17,22). The number of ether oxygens (including phenoxy) is 1. The van der Waals surface area contributed by atoms with Crippen molar-refractivity contribution < 1.29 is 13.9 Å². The Hall–Kier alpha value is -2.61. The monoisotopic (exact) mass is 332 g/mol. The van der Waals surface area contributed by atoms with Crippen LogP contribution in [0.3, 0.4) is 0 Å². The van der Waals surface area contributed by atoms with Crippen LogP contribution >= 0.6 is 0 Å². The first-order valence-electron chi connectivity index (χ1n) is 7.89. The summed E-state index contributed by atoms with van der Waals surface area (Å²) in [6.45, 7) is 4.40. The zero-order chi connectivity index (χ0) is 16.9. The van der Waals surface area contributed by atoms with E-state index in [1.165, 1.54) is 10.7 Å². The molecule has 3 rings (SSSR count). The molecule has 0 bridgehead atoms. The quantitative estimate of drug-likeness (QED) is 0.906. The third kappa shape index (κ3) is 3.65. The average Bonchev–Trinajstić information content (AvgIpc) is 3.15. The van der Waals surface area contributed by atoms with E-state index in [0.717, 1.165) is 0 Å². The van der Waals surface area contributed by atoms with E-state index < -0.39 is 0 Å². The van der Waals surface area contributed by atoms with Gasteiger partial charge < -0.3 is 19.4 Å². The van der Waals surface area contributed by atoms with Crippen molar-refractivity contribution in [3.63, 3.8) is 0 Å². The number of nitrogens with one attached hydrogen (secondary N) is 1. The fourth-order valence-electron chi connectivity index (χ4n) is 2.50. The SMILES string of the molecule is CC(CNC(=O)N1CCOCC1)n1nc(-c2ccco2)ccc1=O. The number of hydrogen-bond acceptors (Lipinski definition) is 5. The van der Waals surface area contributed by atoms with Crippen LogP contribution in [0.4, 0.5) is 4.79 Å². The number of amides is 2. The first-order chi connectivity index (χ1) is 11.6. The van der Waals surface area contributed by atoms with E-state index in [1.54, 1.807) is 29.4 Å². The number of carbonyl (C=O) groups excluding carboxylic acids is 1. The Bertz CT molecular complexity index is 735. The Kier molecular flexibility index (Phi) is 4.95. The minimum Gasteiger partial charge on any atom is -0.463 e. The van der Waals surface area contributed by atoms with Gasteiger partial charge in [-0.1, -0.05) is 0 Å². The Morgan fingerprint density at radius 3 is 2.83 bits per heavy atom. The molecule has 1 aliphatic rings. The fourth-order valence-corrected chi connectivity index (χ4v) is 2.50. The van der Waals surface area contributed by atoms with Gasteiger partial charge in [0.1, 0.15) is 5.69 Å². The molecular formula is C16H20N4O4. The maximum atomic E-state index is 12.1. The normalized spacial score (nSPS) is 16.0. The summed E-state index contributed by atoms with van der Waals surface area (Å²) in [5.41, 5.74) is 0.351. The van der Waals surface area contributed by atoms with Crippen LogP contribution in [0, 0.1) is 0 Å². The predicted molar refractivity (Wildman–Crippen MR) is 86.7 cm³/mol. The van der Waals surface area contributed by atoms with Gasteiger partial charge in [-0.05, 0) is 25.1 Å². The molecule has 1 saturated heterocycles. The van der Waals surface area contributed by atoms with Crippen molar-refractivity contribution >= 4 is 6.03 Å². The molecule has 0 saturated carbocycles. The van der Waals surface area contributed by atoms with Crippen LogP contribution in [-0.2, 0) is 4.74 Å². The smallest absolute Gasteiger partial charge is 0.317 e. The molecule has 1 unspecified atom stereocenters. The molecular weight excluding hydrogens is 312 g/mol. The Morgan fingerprint density at radius 2 is 2.12 bits per heavy atom. The van der Waals surface area contributed by atoms with E-state index in [1.807, 2.05) is 6.92 Å². The molecule has 128 valence electrons. The predicted octanol–water partition coefficient (Wildman–Crippen LogP) is 1.11. The fraction of sp³-hybridized carbons (Fsp3) is 0.438. The van der Waals surface area contributed by atoms with Crippen molar-refractivity contribution in [2.24, 2.45) is 0 Å². The van der Waals surface area contributed by atoms with Crippen LogP contribution in [0.25, 0.3) is 11.5 Å². The molecule has 2 aromatic rings. The Balaban J connectivity index is 1.66. The topological polar surface area (TPSA) is 89.6 Å². The van der Waals surface area contributed by atoms with Gasteiger partial charge in [-0.25, -0.2) is 9.48 Å². The highest BCUT2D eigenvalue weighted by molar-refractivity contribution is 5.74. The van der Waals surface area contributed by atoms with Crippen LogP contribution < -0.4 is 10.9 Å². The van der Waals surface area contributed by atoms with Crippen LogP contribution in [0.5, 0.6) is 0 Å². The summed E-state index contributed by atoms with van der Waals surface area (Å²) in [6.07, 6.45) is 1.55. The van der Waals surface area contributed by atoms with Crippen molar-refractivity contribution in [3.05, 3.63) is 40.9 Å². The van der Waals surface area contributed by atoms with Gasteiger partial charge in [-0.3, -0.25) is 4.79 Å². The first-order valence-corrected chi connectivity index (χ1v) is 7.89. The second-order valence-electron chi connectivity index (χ2n) is 5.61. The maximum absolute atomic E-state index is 12.1. The molecule has 1 atom stereocenters. The molecule has 0 aromatic carbocycles. The zero-order valence-electron chi connectivity index (χ0n) is 13.5. The summed E-state index contributed by atoms with van der Waals surface area (Å²) in [7, 11) is 0. The maximum Gasteiger partial charge on any atom is 0.317 e. The van der Waals surface area contributed by atoms with Gasteiger partial charge in [0.2, 0.25) is 0 Å². The average molecular weight is 332 g/mol. The zero-order valence-corrected chi connectivity index (χ0v) is 13.5. The van der Waals surface area contributed by atoms with Crippen molar-refractivity contribution in [2.75, 3.05) is 32.8 Å². The first kappa shape index (κ1) is 16.3. The summed E-state index contributed by atoms with van der Waals surface area (Å²) in [6, 6.07) is 6.18. The van der Waals surface area contributed by atoms with Gasteiger partial charge in [0.25, 0.3) is 5.56 Å². The molecule has 1 fully saturated rings. The number of furan rings is 1. The Morgan fingerprint density at radius 1 is 1.33 bits per heavy atom. The molecule has 0 spiro atoms. The molecule has 0 radical (unpaired) electrons. The lowest BCUT2D eigenvalue weighted by Gasteiger charge is -2.27. The number of morpholine rings is 1. The summed E-state index contributed by atoms with van der Waals surface area (Å²) in [4.78, 5) is 25.9. The highest BCUT2D eigenvalue weighted by atomic mass is 16.5. The van der Waals surface area contributed by atoms with Gasteiger partial charge >= 0.3 is 6.03 Å². The number of hydrogen-bond donors (Lipinski definition) is 1. The summed E-state index contributed by atoms with van der Waals surface area (Å²) in [5, 5.41) is 7.17. The molecule has 1 N–H and O–H groups in total. The molecule has 1 aliphatic heterocycles. The van der Waals surface area contributed by atoms with Gasteiger partial charge in [-0.2, -0.15) is 5.10 Å². The van der Waals surface area contributed by atoms with Crippen LogP contribution in [0.15, 0.2) is 39.7 Å². The van der Waals surface area contributed by atoms with Gasteiger partial charge in [0.15, 0.2) is 5.76 Å². The molecule has 3 heterocycles. The molecule has 24 heavy (non-hydrogen) atoms. The molecule has 2 aromatic heterocycles. The lowest BCUT2D eigenvalue weighted by atomic mass is 10.3. The van der Waals surface area contributed by atoms with E-state index in [-0.39, 0.29) is 17.6 Å². The van der Waals surface area contributed by atoms with Gasteiger partial charge in [0, 0.05) is 25.7 Å². The van der Waals surface area contributed by atoms with E-state index in [2.05, 4.69) is 10.4 Å². The second kappa shape index (κ2) is 7.31. The Labute approximate surface area is 139 Å². The number of rotatable bonds is 4. The van der Waals surface area contributed by atoms with E-state index in [4.69, 9.17) is 9.15 Å². The van der Waals surface area contributed by atoms with Gasteiger partial charge in [-0.15, -0.1) is 0 Å². The number of urea groups is 1. The van der Waals surface area contributed by atoms with E-state index >= 15 is 0 Å². The minimum absolute atomic E-state index is 0.152. The number of carbonyl (C=O) groups is 1. The lowest BCUT2D eigenvalue weighted by Crippen LogP contribution is -2.47. The molecule has 0 aliphatic carbocycles. The van der Waals surface area contributed by atoms with Crippen molar-refractivity contribution in [1.82, 2.24) is 20.0 Å². The van der Waals surface area contributed by atoms with Crippen molar-refractivity contribution in [1.29, 1.82) is 0 Å². The molecule has 2 amide bonds. The largest absolute Gasteiger partial charge is 0.463 e. The third-order valence-corrected chi connectivity index (χ3v) is 3.86. The highest BCUT2D eigenvalue weighted by Gasteiger charge is 2.18. The minimum atomic E-state index is -0.280. The van der Waals surface area contributed by atoms with Gasteiger partial charge in [0.05, 0.1) is 25.5 Å². The summed E-state index contributed by atoms with van der Waals surface area (Å²) >= 11 is 0. The lowest BCUT2D eigenvalue weighted by molar-refractivity contribution is 0.0530. The summed E-state index contributed by atoms with van der Waals surface area (Å²) in [5.74, 6) is 0.591.